The van der Waals surface area contributed by atoms with Crippen LogP contribution < -0.4 is 0 Å². The lowest BCUT2D eigenvalue weighted by Crippen LogP contribution is -2.46. The third-order valence-electron chi connectivity index (χ3n) is 3.42. The minimum absolute atomic E-state index is 0.114. The molecule has 5 heteroatoms. The van der Waals surface area contributed by atoms with Crippen LogP contribution in [0.15, 0.2) is 0 Å². The normalized spacial score (nSPS) is 19.4. The number of nitrogens with zero attached hydrogens (tertiary/aromatic N) is 2. The lowest BCUT2D eigenvalue weighted by atomic mass is 10.1. The molecule has 0 aromatic carbocycles. The summed E-state index contributed by atoms with van der Waals surface area (Å²) in [6.07, 6.45) is 2.15. The number of carbonyl (C=O) groups excluding carboxylic acids is 1. The highest BCUT2D eigenvalue weighted by atomic mass is 16.4. The Labute approximate surface area is 102 Å². The topological polar surface area (TPSA) is 60.9 Å². The van der Waals surface area contributed by atoms with Crippen molar-refractivity contribution in [2.45, 2.75) is 32.7 Å². The largest absolute Gasteiger partial charge is 0.481 e. The van der Waals surface area contributed by atoms with Crippen molar-refractivity contribution in [1.29, 1.82) is 0 Å². The van der Waals surface area contributed by atoms with Gasteiger partial charge in [-0.15, -0.1) is 0 Å². The molecule has 0 radical (unpaired) electrons. The number of likely N-dealkylation sites (N-methyl/N-ethyl adjacent to an activating group) is 1. The number of carbonyl (C=O) groups is 2. The fourth-order valence-electron chi connectivity index (χ4n) is 2.06. The summed E-state index contributed by atoms with van der Waals surface area (Å²) in [6.45, 7) is 5.58. The third kappa shape index (κ3) is 3.70. The number of amides is 1. The van der Waals surface area contributed by atoms with Gasteiger partial charge < -0.3 is 10.0 Å². The molecule has 1 N–H and O–H groups in total. The Morgan fingerprint density at radius 3 is 2.29 bits per heavy atom. The van der Waals surface area contributed by atoms with E-state index in [9.17, 15) is 9.59 Å². The average Bonchev–Trinajstić information content (AvgIpc) is 2.80. The minimum atomic E-state index is -0.822. The van der Waals surface area contributed by atoms with Crippen molar-refractivity contribution < 1.29 is 14.7 Å². The van der Waals surface area contributed by atoms with Gasteiger partial charge in [0.25, 0.3) is 0 Å². The Hall–Kier alpha value is -1.10. The molecule has 1 rings (SSSR count). The van der Waals surface area contributed by atoms with Crippen LogP contribution in [0.1, 0.15) is 26.7 Å². The van der Waals surface area contributed by atoms with E-state index in [-0.39, 0.29) is 11.9 Å². The number of hydrogen-bond acceptors (Lipinski definition) is 3. The zero-order valence-corrected chi connectivity index (χ0v) is 10.8. The summed E-state index contributed by atoms with van der Waals surface area (Å²) in [5, 5.41) is 8.84. The molecule has 1 amide bonds. The predicted octanol–water partition coefficient (Wildman–Crippen LogP) is 0.650. The molecule has 2 unspecified atom stereocenters. The molecule has 1 fully saturated rings. The molecule has 0 aromatic heterocycles. The highest BCUT2D eigenvalue weighted by Crippen LogP contribution is 2.12. The molecule has 1 saturated heterocycles. The monoisotopic (exact) mass is 242 g/mol. The van der Waals surface area contributed by atoms with E-state index in [2.05, 4.69) is 0 Å². The number of aliphatic carboxylic acids is 1. The predicted molar refractivity (Wildman–Crippen MR) is 64.7 cm³/mol. The zero-order valence-electron chi connectivity index (χ0n) is 10.8. The van der Waals surface area contributed by atoms with Gasteiger partial charge >= 0.3 is 5.97 Å². The second kappa shape index (κ2) is 6.00. The quantitative estimate of drug-likeness (QED) is 0.769. The fraction of sp³-hybridized carbons (Fsp3) is 0.833. The second-order valence-corrected chi connectivity index (χ2v) is 4.89. The van der Waals surface area contributed by atoms with E-state index in [0.717, 1.165) is 25.9 Å². The molecule has 0 spiro atoms. The molecule has 1 heterocycles. The van der Waals surface area contributed by atoms with Crippen molar-refractivity contribution in [1.82, 2.24) is 9.80 Å². The molecule has 1 aliphatic heterocycles. The van der Waals surface area contributed by atoms with Gasteiger partial charge in [-0.3, -0.25) is 14.5 Å². The average molecular weight is 242 g/mol. The van der Waals surface area contributed by atoms with Crippen LogP contribution in [0.3, 0.4) is 0 Å². The zero-order chi connectivity index (χ0) is 13.0. The van der Waals surface area contributed by atoms with E-state index in [4.69, 9.17) is 5.11 Å². The van der Waals surface area contributed by atoms with Gasteiger partial charge in [-0.1, -0.05) is 6.92 Å². The van der Waals surface area contributed by atoms with Crippen LogP contribution in [0.5, 0.6) is 0 Å². The molecule has 5 nitrogen and oxygen atoms in total. The summed E-state index contributed by atoms with van der Waals surface area (Å²) < 4.78 is 0. The molecule has 98 valence electrons. The Morgan fingerprint density at radius 1 is 1.29 bits per heavy atom. The van der Waals surface area contributed by atoms with Gasteiger partial charge in [-0.05, 0) is 26.8 Å². The summed E-state index contributed by atoms with van der Waals surface area (Å²) >= 11 is 0. The van der Waals surface area contributed by atoms with Crippen LogP contribution in [0.2, 0.25) is 0 Å². The highest BCUT2D eigenvalue weighted by Gasteiger charge is 2.27. The van der Waals surface area contributed by atoms with Gasteiger partial charge in [-0.2, -0.15) is 0 Å². The molecular formula is C12H22N2O3. The van der Waals surface area contributed by atoms with E-state index in [1.165, 1.54) is 0 Å². The molecule has 2 atom stereocenters. The third-order valence-corrected chi connectivity index (χ3v) is 3.42. The van der Waals surface area contributed by atoms with Gasteiger partial charge in [0, 0.05) is 19.6 Å². The van der Waals surface area contributed by atoms with E-state index in [1.54, 1.807) is 14.0 Å². The van der Waals surface area contributed by atoms with Gasteiger partial charge in [0.2, 0.25) is 5.91 Å². The van der Waals surface area contributed by atoms with Crippen LogP contribution in [0.25, 0.3) is 0 Å². The SMILES string of the molecule is CC(CN(C)C(C)C(=O)N1CCCC1)C(=O)O. The van der Waals surface area contributed by atoms with Crippen LogP contribution >= 0.6 is 0 Å². The van der Waals surface area contributed by atoms with Crippen LogP contribution in [-0.2, 0) is 9.59 Å². The molecule has 17 heavy (non-hydrogen) atoms. The van der Waals surface area contributed by atoms with E-state index < -0.39 is 11.9 Å². The van der Waals surface area contributed by atoms with Crippen molar-refractivity contribution in [2.24, 2.45) is 5.92 Å². The molecule has 0 bridgehead atoms. The van der Waals surface area contributed by atoms with Crippen LogP contribution in [0, 0.1) is 5.92 Å². The highest BCUT2D eigenvalue weighted by molar-refractivity contribution is 5.81. The van der Waals surface area contributed by atoms with E-state index in [1.807, 2.05) is 16.7 Å². The summed E-state index contributed by atoms with van der Waals surface area (Å²) in [6, 6.07) is -0.241. The summed E-state index contributed by atoms with van der Waals surface area (Å²) in [5.74, 6) is -1.16. The van der Waals surface area contributed by atoms with Crippen molar-refractivity contribution in [3.05, 3.63) is 0 Å². The number of rotatable bonds is 5. The smallest absolute Gasteiger partial charge is 0.307 e. The number of hydrogen-bond donors (Lipinski definition) is 1. The fourth-order valence-corrected chi connectivity index (χ4v) is 2.06. The van der Waals surface area contributed by atoms with E-state index >= 15 is 0 Å². The van der Waals surface area contributed by atoms with Crippen LogP contribution in [-0.4, -0.2) is 59.5 Å². The molecule has 0 saturated carbocycles. The Morgan fingerprint density at radius 2 is 1.82 bits per heavy atom. The van der Waals surface area contributed by atoms with E-state index in [0.29, 0.717) is 6.54 Å². The van der Waals surface area contributed by atoms with Crippen LogP contribution in [0.4, 0.5) is 0 Å². The molecule has 0 aromatic rings. The van der Waals surface area contributed by atoms with Crippen molar-refractivity contribution in [3.8, 4) is 0 Å². The maximum Gasteiger partial charge on any atom is 0.307 e. The van der Waals surface area contributed by atoms with Crippen molar-refractivity contribution in [3.63, 3.8) is 0 Å². The standard InChI is InChI=1S/C12H22N2O3/c1-9(12(16)17)8-13(3)10(2)11(15)14-6-4-5-7-14/h9-10H,4-8H2,1-3H3,(H,16,17). The summed E-state index contributed by atoms with van der Waals surface area (Å²) in [5.41, 5.74) is 0. The van der Waals surface area contributed by atoms with Gasteiger partial charge in [-0.25, -0.2) is 0 Å². The summed E-state index contributed by atoms with van der Waals surface area (Å²) in [7, 11) is 1.80. The lowest BCUT2D eigenvalue weighted by Gasteiger charge is -2.28. The Kier molecular flexibility index (Phi) is 4.93. The first-order valence-corrected chi connectivity index (χ1v) is 6.15. The van der Waals surface area contributed by atoms with Gasteiger partial charge in [0.05, 0.1) is 12.0 Å². The number of likely N-dealkylation sites (tertiary alicyclic amines) is 1. The van der Waals surface area contributed by atoms with Crippen molar-refractivity contribution >= 4 is 11.9 Å². The Balaban J connectivity index is 2.47. The van der Waals surface area contributed by atoms with Crippen molar-refractivity contribution in [2.75, 3.05) is 26.7 Å². The first kappa shape index (κ1) is 14.0. The number of carboxylic acid groups (broad SMARTS) is 1. The lowest BCUT2D eigenvalue weighted by molar-refractivity contribution is -0.143. The molecular weight excluding hydrogens is 220 g/mol. The molecule has 1 aliphatic rings. The number of carboxylic acids is 1. The second-order valence-electron chi connectivity index (χ2n) is 4.89. The van der Waals surface area contributed by atoms with Gasteiger partial charge in [0.15, 0.2) is 0 Å². The summed E-state index contributed by atoms with van der Waals surface area (Å²) in [4.78, 5) is 26.5. The molecule has 0 aliphatic carbocycles. The maximum absolute atomic E-state index is 12.1. The first-order valence-electron chi connectivity index (χ1n) is 6.15. The maximum atomic E-state index is 12.1. The first-order chi connectivity index (χ1) is 7.93. The Bertz CT molecular complexity index is 287. The minimum Gasteiger partial charge on any atom is -0.481 e. The van der Waals surface area contributed by atoms with Gasteiger partial charge in [0.1, 0.15) is 0 Å².